The Morgan fingerprint density at radius 1 is 1.00 bits per heavy atom. The van der Waals surface area contributed by atoms with Gasteiger partial charge < -0.3 is 15.0 Å². The predicted molar refractivity (Wildman–Crippen MR) is 106 cm³/mol. The van der Waals surface area contributed by atoms with Gasteiger partial charge in [0.1, 0.15) is 18.2 Å². The number of benzene rings is 2. The number of aromatic nitrogens is 2. The first-order valence-electron chi connectivity index (χ1n) is 8.75. The van der Waals surface area contributed by atoms with E-state index in [0.717, 1.165) is 11.1 Å². The lowest BCUT2D eigenvalue weighted by Gasteiger charge is -2.07. The van der Waals surface area contributed by atoms with Crippen LogP contribution in [0.15, 0.2) is 79.1 Å². The fraction of sp³-hybridized carbons (Fsp3) is 0.0455. The maximum atomic E-state index is 12.6. The fourth-order valence-electron chi connectivity index (χ4n) is 2.85. The van der Waals surface area contributed by atoms with E-state index in [2.05, 4.69) is 15.3 Å². The third-order valence-corrected chi connectivity index (χ3v) is 4.26. The Morgan fingerprint density at radius 2 is 1.82 bits per heavy atom. The van der Waals surface area contributed by atoms with Crippen LogP contribution in [0.5, 0.6) is 5.75 Å². The number of nitrogens with one attached hydrogen (secondary N) is 2. The quantitative estimate of drug-likeness (QED) is 0.397. The van der Waals surface area contributed by atoms with Crippen molar-refractivity contribution in [2.45, 2.75) is 6.61 Å². The molecule has 0 bridgehead atoms. The summed E-state index contributed by atoms with van der Waals surface area (Å²) < 4.78 is 5.82. The second-order valence-electron chi connectivity index (χ2n) is 6.18. The molecule has 6 nitrogen and oxygen atoms in total. The van der Waals surface area contributed by atoms with Crippen LogP contribution in [0.1, 0.15) is 15.9 Å². The van der Waals surface area contributed by atoms with E-state index in [-0.39, 0.29) is 5.56 Å². The molecule has 138 valence electrons. The summed E-state index contributed by atoms with van der Waals surface area (Å²) in [6, 6.07) is 20.3. The van der Waals surface area contributed by atoms with Crippen molar-refractivity contribution in [3.8, 4) is 5.75 Å². The number of nitrogens with zero attached hydrogens (tertiary/aromatic N) is 1. The molecule has 4 aromatic rings. The van der Waals surface area contributed by atoms with Crippen LogP contribution < -0.4 is 10.1 Å². The number of rotatable bonds is 6. The largest absolute Gasteiger partial charge is 0.489 e. The van der Waals surface area contributed by atoms with E-state index < -0.39 is 11.7 Å². The third-order valence-electron chi connectivity index (χ3n) is 4.26. The van der Waals surface area contributed by atoms with Crippen LogP contribution in [0.2, 0.25) is 0 Å². The molecule has 6 heteroatoms. The maximum absolute atomic E-state index is 12.6. The number of pyridine rings is 1. The van der Waals surface area contributed by atoms with Gasteiger partial charge in [0.25, 0.3) is 11.7 Å². The number of ether oxygens (including phenoxy) is 1. The zero-order chi connectivity index (χ0) is 19.3. The van der Waals surface area contributed by atoms with Crippen LogP contribution >= 0.6 is 0 Å². The average molecular weight is 371 g/mol. The van der Waals surface area contributed by atoms with E-state index in [0.29, 0.717) is 23.6 Å². The molecule has 4 rings (SSSR count). The summed E-state index contributed by atoms with van der Waals surface area (Å²) in [7, 11) is 0. The predicted octanol–water partition coefficient (Wildman–Crippen LogP) is 3.96. The Morgan fingerprint density at radius 3 is 2.61 bits per heavy atom. The molecule has 2 aromatic heterocycles. The van der Waals surface area contributed by atoms with Crippen LogP contribution in [-0.4, -0.2) is 21.7 Å². The number of aromatic amines is 1. The van der Waals surface area contributed by atoms with E-state index in [1.807, 2.05) is 42.5 Å². The number of ketones is 1. The van der Waals surface area contributed by atoms with E-state index >= 15 is 0 Å². The van der Waals surface area contributed by atoms with Gasteiger partial charge in [-0.15, -0.1) is 0 Å². The van der Waals surface area contributed by atoms with Gasteiger partial charge in [0.05, 0.1) is 5.56 Å². The van der Waals surface area contributed by atoms with Gasteiger partial charge in [0.2, 0.25) is 0 Å². The molecule has 0 saturated heterocycles. The molecule has 2 N–H and O–H groups in total. The van der Waals surface area contributed by atoms with Crippen LogP contribution in [0, 0.1) is 0 Å². The lowest BCUT2D eigenvalue weighted by Crippen LogP contribution is -2.23. The molecule has 1 amide bonds. The molecule has 0 fully saturated rings. The lowest BCUT2D eigenvalue weighted by molar-refractivity contribution is -0.112. The number of fused-ring (bicyclic) bond motifs is 1. The van der Waals surface area contributed by atoms with Gasteiger partial charge in [-0.05, 0) is 35.9 Å². The SMILES string of the molecule is O=C(Nc1ccccn1)C(=O)c1c[nH]c2ccc(OCc3ccccc3)cc12. The van der Waals surface area contributed by atoms with Gasteiger partial charge in [0.15, 0.2) is 0 Å². The summed E-state index contributed by atoms with van der Waals surface area (Å²) in [6.45, 7) is 0.417. The highest BCUT2D eigenvalue weighted by atomic mass is 16.5. The number of hydrogen-bond donors (Lipinski definition) is 2. The number of carbonyl (C=O) groups excluding carboxylic acids is 2. The van der Waals surface area contributed by atoms with Gasteiger partial charge in [-0.2, -0.15) is 0 Å². The molecule has 28 heavy (non-hydrogen) atoms. The zero-order valence-electron chi connectivity index (χ0n) is 14.9. The van der Waals surface area contributed by atoms with Gasteiger partial charge >= 0.3 is 0 Å². The highest BCUT2D eigenvalue weighted by molar-refractivity contribution is 6.48. The number of H-pyrrole nitrogens is 1. The van der Waals surface area contributed by atoms with Gasteiger partial charge in [-0.1, -0.05) is 36.4 Å². The molecule has 0 atom stereocenters. The summed E-state index contributed by atoms with van der Waals surface area (Å²) in [6.07, 6.45) is 3.08. The molecule has 2 heterocycles. The van der Waals surface area contributed by atoms with Crippen LogP contribution in [-0.2, 0) is 11.4 Å². The molecule has 0 aliphatic heterocycles. The first kappa shape index (κ1) is 17.5. The molecule has 0 aliphatic rings. The Hall–Kier alpha value is -3.93. The Kier molecular flexibility index (Phi) is 4.84. The minimum Gasteiger partial charge on any atom is -0.489 e. The van der Waals surface area contributed by atoms with E-state index in [1.165, 1.54) is 6.20 Å². The number of Topliss-reactive ketones (excluding diaryl/α,β-unsaturated/α-hetero) is 1. The first-order valence-corrected chi connectivity index (χ1v) is 8.75. The summed E-state index contributed by atoms with van der Waals surface area (Å²) >= 11 is 0. The van der Waals surface area contributed by atoms with Crippen molar-refractivity contribution in [2.75, 3.05) is 5.32 Å². The summed E-state index contributed by atoms with van der Waals surface area (Å²) in [5.41, 5.74) is 2.08. The number of carbonyl (C=O) groups is 2. The molecule has 0 unspecified atom stereocenters. The maximum Gasteiger partial charge on any atom is 0.298 e. The number of amides is 1. The standard InChI is InChI=1S/C22H17N3O3/c26-21(22(27)25-20-8-4-5-11-23-20)18-13-24-19-10-9-16(12-17(18)19)28-14-15-6-2-1-3-7-15/h1-13,24H,14H2,(H,23,25,27). The fourth-order valence-corrected chi connectivity index (χ4v) is 2.85. The van der Waals surface area contributed by atoms with Crippen molar-refractivity contribution in [3.05, 3.63) is 90.3 Å². The van der Waals surface area contributed by atoms with Gasteiger partial charge in [-0.3, -0.25) is 9.59 Å². The molecule has 0 radical (unpaired) electrons. The molecular formula is C22H17N3O3. The topological polar surface area (TPSA) is 84.1 Å². The average Bonchev–Trinajstić information content (AvgIpc) is 3.16. The zero-order valence-corrected chi connectivity index (χ0v) is 14.9. The smallest absolute Gasteiger partial charge is 0.298 e. The summed E-state index contributed by atoms with van der Waals surface area (Å²) in [5.74, 6) is -0.435. The minimum absolute atomic E-state index is 0.286. The highest BCUT2D eigenvalue weighted by Crippen LogP contribution is 2.25. The van der Waals surface area contributed by atoms with Crippen LogP contribution in [0.4, 0.5) is 5.82 Å². The minimum atomic E-state index is -0.741. The summed E-state index contributed by atoms with van der Waals surface area (Å²) in [5, 5.41) is 3.14. The molecule has 2 aromatic carbocycles. The Bertz CT molecular complexity index is 1120. The van der Waals surface area contributed by atoms with Crippen molar-refractivity contribution in [1.29, 1.82) is 0 Å². The van der Waals surface area contributed by atoms with Crippen molar-refractivity contribution in [1.82, 2.24) is 9.97 Å². The van der Waals surface area contributed by atoms with Crippen molar-refractivity contribution in [2.24, 2.45) is 0 Å². The van der Waals surface area contributed by atoms with Crippen LogP contribution in [0.3, 0.4) is 0 Å². The normalized spacial score (nSPS) is 10.6. The number of hydrogen-bond acceptors (Lipinski definition) is 4. The molecule has 0 saturated carbocycles. The monoisotopic (exact) mass is 371 g/mol. The third kappa shape index (κ3) is 3.76. The number of anilines is 1. The van der Waals surface area contributed by atoms with Gasteiger partial charge in [-0.25, -0.2) is 4.98 Å². The second-order valence-corrected chi connectivity index (χ2v) is 6.18. The summed E-state index contributed by atoms with van der Waals surface area (Å²) in [4.78, 5) is 31.9. The molecule has 0 spiro atoms. The lowest BCUT2D eigenvalue weighted by atomic mass is 10.1. The molecular weight excluding hydrogens is 354 g/mol. The first-order chi connectivity index (χ1) is 13.7. The second kappa shape index (κ2) is 7.75. The van der Waals surface area contributed by atoms with E-state index in [4.69, 9.17) is 4.74 Å². The van der Waals surface area contributed by atoms with Crippen molar-refractivity contribution >= 4 is 28.4 Å². The van der Waals surface area contributed by atoms with E-state index in [9.17, 15) is 9.59 Å². The molecule has 0 aliphatic carbocycles. The van der Waals surface area contributed by atoms with Crippen molar-refractivity contribution < 1.29 is 14.3 Å². The Balaban J connectivity index is 1.54. The van der Waals surface area contributed by atoms with Crippen LogP contribution in [0.25, 0.3) is 10.9 Å². The van der Waals surface area contributed by atoms with Gasteiger partial charge in [0, 0.05) is 23.3 Å². The van der Waals surface area contributed by atoms with E-state index in [1.54, 1.807) is 30.5 Å². The Labute approximate surface area is 161 Å². The van der Waals surface area contributed by atoms with Crippen molar-refractivity contribution in [3.63, 3.8) is 0 Å². The highest BCUT2D eigenvalue weighted by Gasteiger charge is 2.20.